The van der Waals surface area contributed by atoms with Gasteiger partial charge in [-0.3, -0.25) is 9.69 Å². The Kier molecular flexibility index (Phi) is 7.22. The zero-order valence-corrected chi connectivity index (χ0v) is 14.5. The highest BCUT2D eigenvalue weighted by Gasteiger charge is 2.33. The van der Waals surface area contributed by atoms with Crippen molar-refractivity contribution in [1.82, 2.24) is 4.90 Å². The van der Waals surface area contributed by atoms with Gasteiger partial charge in [-0.1, -0.05) is 6.07 Å². The Labute approximate surface area is 140 Å². The van der Waals surface area contributed by atoms with E-state index < -0.39 is 0 Å². The van der Waals surface area contributed by atoms with Gasteiger partial charge in [0.2, 0.25) is 5.91 Å². The van der Waals surface area contributed by atoms with E-state index >= 15 is 0 Å². The van der Waals surface area contributed by atoms with Crippen LogP contribution in [0.25, 0.3) is 0 Å². The molecule has 6 heteroatoms. The van der Waals surface area contributed by atoms with Crippen LogP contribution in [0.4, 0.5) is 5.69 Å². The van der Waals surface area contributed by atoms with Crippen molar-refractivity contribution in [3.05, 3.63) is 27.8 Å². The summed E-state index contributed by atoms with van der Waals surface area (Å²) in [6, 6.07) is 8.14. The molecule has 1 atom stereocenters. The normalized spacial score (nSPS) is 15.6. The predicted molar refractivity (Wildman–Crippen MR) is 93.2 cm³/mol. The molecule has 3 N–H and O–H groups in total. The standard InChI is InChI=1S/C14H20IN3O.ClH/c1-18(13(8-16)10-5-6-10)9-14(19)17-12-4-2-3-11(15)7-12;/h2-4,7,10,13H,5-6,8-9,16H2,1H3,(H,17,19);1H. The van der Waals surface area contributed by atoms with Gasteiger partial charge < -0.3 is 11.1 Å². The molecule has 0 radical (unpaired) electrons. The molecule has 2 rings (SSSR count). The molecule has 1 unspecified atom stereocenters. The molecule has 0 bridgehead atoms. The molecule has 0 heterocycles. The lowest BCUT2D eigenvalue weighted by molar-refractivity contribution is -0.117. The summed E-state index contributed by atoms with van der Waals surface area (Å²) in [5.74, 6) is 0.698. The first kappa shape index (κ1) is 17.7. The minimum atomic E-state index is 0. The van der Waals surface area contributed by atoms with Crippen LogP contribution in [0.1, 0.15) is 12.8 Å². The third kappa shape index (κ3) is 5.20. The molecule has 0 aliphatic heterocycles. The van der Waals surface area contributed by atoms with Gasteiger partial charge in [-0.05, 0) is 66.6 Å². The minimum absolute atomic E-state index is 0. The summed E-state index contributed by atoms with van der Waals surface area (Å²) in [5.41, 5.74) is 6.64. The first-order valence-electron chi connectivity index (χ1n) is 6.56. The summed E-state index contributed by atoms with van der Waals surface area (Å²) in [7, 11) is 1.98. The largest absolute Gasteiger partial charge is 0.329 e. The summed E-state index contributed by atoms with van der Waals surface area (Å²) in [6.45, 7) is 1.02. The second-order valence-corrected chi connectivity index (χ2v) is 6.36. The molecule has 1 fully saturated rings. The molecule has 0 aromatic heterocycles. The number of benzene rings is 1. The minimum Gasteiger partial charge on any atom is -0.329 e. The summed E-state index contributed by atoms with van der Waals surface area (Å²) in [6.07, 6.45) is 2.48. The highest BCUT2D eigenvalue weighted by atomic mass is 127. The molecule has 1 aliphatic carbocycles. The highest BCUT2D eigenvalue weighted by molar-refractivity contribution is 14.1. The Morgan fingerprint density at radius 3 is 2.80 bits per heavy atom. The number of amides is 1. The Hall–Kier alpha value is -0.370. The molecule has 1 amide bonds. The van der Waals surface area contributed by atoms with Gasteiger partial charge in [-0.2, -0.15) is 0 Å². The maximum atomic E-state index is 12.0. The number of anilines is 1. The monoisotopic (exact) mass is 409 g/mol. The van der Waals surface area contributed by atoms with Crippen molar-refractivity contribution < 1.29 is 4.79 Å². The highest BCUT2D eigenvalue weighted by Crippen LogP contribution is 2.34. The Morgan fingerprint density at radius 1 is 1.55 bits per heavy atom. The number of carbonyl (C=O) groups is 1. The van der Waals surface area contributed by atoms with E-state index in [1.807, 2.05) is 31.3 Å². The molecule has 1 aromatic rings. The summed E-state index contributed by atoms with van der Waals surface area (Å²) in [4.78, 5) is 14.1. The number of nitrogens with two attached hydrogens (primary N) is 1. The van der Waals surface area contributed by atoms with Gasteiger partial charge in [0.15, 0.2) is 0 Å². The summed E-state index contributed by atoms with van der Waals surface area (Å²) in [5, 5.41) is 2.93. The molecular formula is C14H21ClIN3O. The van der Waals surface area contributed by atoms with Crippen LogP contribution in [0.15, 0.2) is 24.3 Å². The number of nitrogens with one attached hydrogen (secondary N) is 1. The second kappa shape index (κ2) is 8.17. The second-order valence-electron chi connectivity index (χ2n) is 5.11. The van der Waals surface area contributed by atoms with Crippen LogP contribution >= 0.6 is 35.0 Å². The van der Waals surface area contributed by atoms with Gasteiger partial charge in [0.05, 0.1) is 6.54 Å². The Bertz CT molecular complexity index is 454. The quantitative estimate of drug-likeness (QED) is 0.709. The van der Waals surface area contributed by atoms with Crippen LogP contribution in [0.2, 0.25) is 0 Å². The van der Waals surface area contributed by atoms with Gasteiger partial charge in [0.25, 0.3) is 0 Å². The van der Waals surface area contributed by atoms with Crippen molar-refractivity contribution in [2.75, 3.05) is 25.5 Å². The SMILES string of the molecule is CN(CC(=O)Nc1cccc(I)c1)C(CN)C1CC1.Cl. The average molecular weight is 410 g/mol. The number of nitrogens with zero attached hydrogens (tertiary/aromatic N) is 1. The van der Waals surface area contributed by atoms with Crippen LogP contribution in [-0.4, -0.2) is 37.0 Å². The summed E-state index contributed by atoms with van der Waals surface area (Å²) < 4.78 is 1.11. The molecule has 20 heavy (non-hydrogen) atoms. The first-order chi connectivity index (χ1) is 9.10. The fourth-order valence-electron chi connectivity index (χ4n) is 2.32. The van der Waals surface area contributed by atoms with Crippen molar-refractivity contribution >= 4 is 46.6 Å². The van der Waals surface area contributed by atoms with E-state index in [9.17, 15) is 4.79 Å². The Balaban J connectivity index is 0.00000200. The molecule has 0 saturated heterocycles. The van der Waals surface area contributed by atoms with Crippen LogP contribution in [0, 0.1) is 9.49 Å². The predicted octanol–water partition coefficient (Wildman–Crippen LogP) is 2.32. The van der Waals surface area contributed by atoms with E-state index in [0.29, 0.717) is 25.0 Å². The van der Waals surface area contributed by atoms with E-state index in [1.54, 1.807) is 0 Å². The maximum absolute atomic E-state index is 12.0. The number of rotatable bonds is 6. The Morgan fingerprint density at radius 2 is 2.25 bits per heavy atom. The van der Waals surface area contributed by atoms with Gasteiger partial charge in [-0.15, -0.1) is 12.4 Å². The third-order valence-electron chi connectivity index (χ3n) is 3.48. The van der Waals surface area contributed by atoms with Crippen molar-refractivity contribution in [3.63, 3.8) is 0 Å². The smallest absolute Gasteiger partial charge is 0.238 e. The number of halogens is 2. The molecule has 4 nitrogen and oxygen atoms in total. The van der Waals surface area contributed by atoms with Crippen molar-refractivity contribution in [3.8, 4) is 0 Å². The van der Waals surface area contributed by atoms with E-state index in [4.69, 9.17) is 5.73 Å². The zero-order valence-electron chi connectivity index (χ0n) is 11.5. The fourth-order valence-corrected chi connectivity index (χ4v) is 2.87. The zero-order chi connectivity index (χ0) is 13.8. The van der Waals surface area contributed by atoms with Gasteiger partial charge in [0, 0.05) is 21.8 Å². The van der Waals surface area contributed by atoms with E-state index in [-0.39, 0.29) is 18.3 Å². The van der Waals surface area contributed by atoms with E-state index in [1.165, 1.54) is 12.8 Å². The number of hydrogen-bond acceptors (Lipinski definition) is 3. The lowest BCUT2D eigenvalue weighted by Crippen LogP contribution is -2.43. The number of likely N-dealkylation sites (N-methyl/N-ethyl adjacent to an activating group) is 1. The van der Waals surface area contributed by atoms with Crippen LogP contribution in [-0.2, 0) is 4.79 Å². The van der Waals surface area contributed by atoms with Crippen molar-refractivity contribution in [2.24, 2.45) is 11.7 Å². The molecule has 1 saturated carbocycles. The molecule has 0 spiro atoms. The van der Waals surface area contributed by atoms with Crippen LogP contribution in [0.3, 0.4) is 0 Å². The van der Waals surface area contributed by atoms with E-state index in [2.05, 4.69) is 32.8 Å². The molecule has 1 aliphatic rings. The van der Waals surface area contributed by atoms with Crippen molar-refractivity contribution in [1.29, 1.82) is 0 Å². The third-order valence-corrected chi connectivity index (χ3v) is 4.15. The fraction of sp³-hybridized carbons (Fsp3) is 0.500. The molecule has 112 valence electrons. The number of hydrogen-bond donors (Lipinski definition) is 2. The van der Waals surface area contributed by atoms with Crippen LogP contribution in [0.5, 0.6) is 0 Å². The summed E-state index contributed by atoms with van der Waals surface area (Å²) >= 11 is 2.23. The van der Waals surface area contributed by atoms with Gasteiger partial charge >= 0.3 is 0 Å². The maximum Gasteiger partial charge on any atom is 0.238 e. The molecule has 1 aromatic carbocycles. The van der Waals surface area contributed by atoms with Gasteiger partial charge in [-0.25, -0.2) is 0 Å². The van der Waals surface area contributed by atoms with Crippen molar-refractivity contribution in [2.45, 2.75) is 18.9 Å². The molecular weight excluding hydrogens is 389 g/mol. The van der Waals surface area contributed by atoms with E-state index in [0.717, 1.165) is 9.26 Å². The van der Waals surface area contributed by atoms with Crippen LogP contribution < -0.4 is 11.1 Å². The van der Waals surface area contributed by atoms with Gasteiger partial charge in [0.1, 0.15) is 0 Å². The first-order valence-corrected chi connectivity index (χ1v) is 7.63. The average Bonchev–Trinajstić information content (AvgIpc) is 3.14. The topological polar surface area (TPSA) is 58.4 Å². The lowest BCUT2D eigenvalue weighted by Gasteiger charge is -2.26. The lowest BCUT2D eigenvalue weighted by atomic mass is 10.1. The number of carbonyl (C=O) groups excluding carboxylic acids is 1.